The van der Waals surface area contributed by atoms with E-state index in [9.17, 15) is 0 Å². The fourth-order valence-corrected chi connectivity index (χ4v) is 1.43. The van der Waals surface area contributed by atoms with Crippen LogP contribution in [0, 0.1) is 0 Å². The van der Waals surface area contributed by atoms with Crippen LogP contribution in [0.4, 0.5) is 0 Å². The Morgan fingerprint density at radius 1 is 0.526 bits per heavy atom. The molecule has 0 bridgehead atoms. The second-order valence-corrected chi connectivity index (χ2v) is 4.28. The van der Waals surface area contributed by atoms with Gasteiger partial charge in [0.05, 0.1) is 0 Å². The standard InChI is InChI=1S/2C7H16O.2H2O.Ti/c2*1-2-3-4-5-6-7-8;;;/h2*8H,2-7H2,1H3;2*1H2;. The van der Waals surface area contributed by atoms with Crippen molar-refractivity contribution in [1.29, 1.82) is 0 Å². The van der Waals surface area contributed by atoms with E-state index >= 15 is 0 Å². The van der Waals surface area contributed by atoms with E-state index in [2.05, 4.69) is 13.8 Å². The topological polar surface area (TPSA) is 103 Å². The number of unbranched alkanes of at least 4 members (excludes halogenated alkanes) is 8. The first kappa shape index (κ1) is 31.8. The maximum atomic E-state index is 8.37. The molecule has 0 amide bonds. The Balaban J connectivity index is -0.0000000594. The van der Waals surface area contributed by atoms with Crippen molar-refractivity contribution >= 4 is 0 Å². The van der Waals surface area contributed by atoms with E-state index in [1.165, 1.54) is 51.4 Å². The van der Waals surface area contributed by atoms with Crippen LogP contribution in [0.2, 0.25) is 0 Å². The minimum atomic E-state index is 0. The minimum absolute atomic E-state index is 0. The smallest absolute Gasteiger partial charge is 0.0431 e. The van der Waals surface area contributed by atoms with Crippen molar-refractivity contribution in [2.45, 2.75) is 78.1 Å². The van der Waals surface area contributed by atoms with Gasteiger partial charge < -0.3 is 21.2 Å². The molecule has 0 aromatic rings. The van der Waals surface area contributed by atoms with E-state index < -0.39 is 0 Å². The molecule has 0 aliphatic rings. The molecule has 120 valence electrons. The second kappa shape index (κ2) is 36.3. The maximum Gasteiger partial charge on any atom is 0.0431 e. The molecule has 0 unspecified atom stereocenters. The third kappa shape index (κ3) is 45.6. The van der Waals surface area contributed by atoms with Gasteiger partial charge in [0, 0.05) is 34.9 Å². The monoisotopic (exact) mass is 316 g/mol. The zero-order chi connectivity index (χ0) is 12.5. The van der Waals surface area contributed by atoms with E-state index in [0.29, 0.717) is 13.2 Å². The molecule has 5 heteroatoms. The minimum Gasteiger partial charge on any atom is -0.412 e. The van der Waals surface area contributed by atoms with E-state index in [0.717, 1.165) is 12.8 Å². The van der Waals surface area contributed by atoms with Gasteiger partial charge in [0.1, 0.15) is 0 Å². The van der Waals surface area contributed by atoms with Gasteiger partial charge in [-0.05, 0) is 12.8 Å². The summed E-state index contributed by atoms with van der Waals surface area (Å²) in [6, 6.07) is 0. The van der Waals surface area contributed by atoms with Crippen LogP contribution in [0.3, 0.4) is 0 Å². The molecule has 0 aliphatic heterocycles. The van der Waals surface area contributed by atoms with Gasteiger partial charge in [0.25, 0.3) is 0 Å². The largest absolute Gasteiger partial charge is 0.412 e. The van der Waals surface area contributed by atoms with Crippen LogP contribution in [0.25, 0.3) is 0 Å². The summed E-state index contributed by atoms with van der Waals surface area (Å²) in [4.78, 5) is 0. The van der Waals surface area contributed by atoms with E-state index in [1.807, 2.05) is 0 Å². The molecule has 6 N–H and O–H groups in total. The van der Waals surface area contributed by atoms with Gasteiger partial charge in [-0.3, -0.25) is 0 Å². The predicted octanol–water partition coefficient (Wildman–Crippen LogP) is 2.25. The van der Waals surface area contributed by atoms with Gasteiger partial charge in [-0.25, -0.2) is 0 Å². The zero-order valence-electron chi connectivity index (χ0n) is 12.9. The Kier molecular flexibility index (Phi) is 60.7. The first-order chi connectivity index (χ1) is 7.83. The fourth-order valence-electron chi connectivity index (χ4n) is 1.43. The van der Waals surface area contributed by atoms with Gasteiger partial charge in [0.15, 0.2) is 0 Å². The summed E-state index contributed by atoms with van der Waals surface area (Å²) < 4.78 is 0. The number of hydrogen-bond donors (Lipinski definition) is 2. The molecule has 0 aromatic carbocycles. The van der Waals surface area contributed by atoms with Gasteiger partial charge in [-0.15, -0.1) is 0 Å². The van der Waals surface area contributed by atoms with Crippen LogP contribution in [0.15, 0.2) is 0 Å². The molecule has 0 heterocycles. The van der Waals surface area contributed by atoms with Crippen LogP contribution in [0.5, 0.6) is 0 Å². The molecule has 0 aliphatic carbocycles. The molecular formula is C14H36O4Ti. The van der Waals surface area contributed by atoms with Crippen molar-refractivity contribution in [3.8, 4) is 0 Å². The Bertz CT molecular complexity index is 81.4. The number of aliphatic hydroxyl groups excluding tert-OH is 2. The Labute approximate surface area is 134 Å². The molecule has 0 fully saturated rings. The average Bonchev–Trinajstić information content (AvgIpc) is 2.31. The first-order valence-electron chi connectivity index (χ1n) is 7.05. The maximum absolute atomic E-state index is 8.37. The normalized spacial score (nSPS) is 8.21. The first-order valence-corrected chi connectivity index (χ1v) is 7.05. The third-order valence-corrected chi connectivity index (χ3v) is 2.52. The molecule has 0 saturated carbocycles. The number of rotatable bonds is 10. The van der Waals surface area contributed by atoms with E-state index in [4.69, 9.17) is 10.2 Å². The molecular weight excluding hydrogens is 280 g/mol. The summed E-state index contributed by atoms with van der Waals surface area (Å²) in [5.74, 6) is 0. The SMILES string of the molecule is CCCCCCCO.CCCCCCCO.O.O.[Ti]. The number of aliphatic hydroxyl groups is 2. The summed E-state index contributed by atoms with van der Waals surface area (Å²) in [5, 5.41) is 16.7. The van der Waals surface area contributed by atoms with Crippen molar-refractivity contribution < 1.29 is 42.9 Å². The van der Waals surface area contributed by atoms with Crippen LogP contribution >= 0.6 is 0 Å². The molecule has 0 radical (unpaired) electrons. The molecule has 4 nitrogen and oxygen atoms in total. The van der Waals surface area contributed by atoms with Crippen molar-refractivity contribution in [1.82, 2.24) is 0 Å². The summed E-state index contributed by atoms with van der Waals surface area (Å²) in [7, 11) is 0. The van der Waals surface area contributed by atoms with E-state index in [1.54, 1.807) is 0 Å². The molecule has 0 atom stereocenters. The summed E-state index contributed by atoms with van der Waals surface area (Å²) in [6.07, 6.45) is 12.2. The fraction of sp³-hybridized carbons (Fsp3) is 1.00. The van der Waals surface area contributed by atoms with Gasteiger partial charge in [0.2, 0.25) is 0 Å². The van der Waals surface area contributed by atoms with Crippen molar-refractivity contribution in [2.75, 3.05) is 13.2 Å². The Morgan fingerprint density at radius 3 is 1.00 bits per heavy atom. The van der Waals surface area contributed by atoms with Crippen molar-refractivity contribution in [2.24, 2.45) is 0 Å². The van der Waals surface area contributed by atoms with Gasteiger partial charge in [-0.2, -0.15) is 0 Å². The van der Waals surface area contributed by atoms with Gasteiger partial charge >= 0.3 is 0 Å². The van der Waals surface area contributed by atoms with Crippen LogP contribution in [0.1, 0.15) is 78.1 Å². The number of hydrogen-bond acceptors (Lipinski definition) is 2. The van der Waals surface area contributed by atoms with Crippen molar-refractivity contribution in [3.05, 3.63) is 0 Å². The molecule has 0 rings (SSSR count). The van der Waals surface area contributed by atoms with Gasteiger partial charge in [-0.1, -0.05) is 65.2 Å². The van der Waals surface area contributed by atoms with Crippen LogP contribution < -0.4 is 0 Å². The van der Waals surface area contributed by atoms with E-state index in [-0.39, 0.29) is 32.7 Å². The molecule has 0 spiro atoms. The summed E-state index contributed by atoms with van der Waals surface area (Å²) >= 11 is 0. The predicted molar refractivity (Wildman–Crippen MR) is 78.9 cm³/mol. The van der Waals surface area contributed by atoms with Crippen LogP contribution in [-0.4, -0.2) is 34.4 Å². The zero-order valence-corrected chi connectivity index (χ0v) is 14.4. The average molecular weight is 316 g/mol. The summed E-state index contributed by atoms with van der Waals surface area (Å²) in [6.45, 7) is 5.12. The summed E-state index contributed by atoms with van der Waals surface area (Å²) in [5.41, 5.74) is 0. The van der Waals surface area contributed by atoms with Crippen molar-refractivity contribution in [3.63, 3.8) is 0 Å². The molecule has 19 heavy (non-hydrogen) atoms. The Hall–Kier alpha value is 0.554. The quantitative estimate of drug-likeness (QED) is 0.477. The third-order valence-electron chi connectivity index (χ3n) is 2.52. The van der Waals surface area contributed by atoms with Crippen LogP contribution in [-0.2, 0) is 21.7 Å². The molecule has 0 saturated heterocycles. The molecule has 0 aromatic heterocycles. The Morgan fingerprint density at radius 2 is 0.789 bits per heavy atom. The second-order valence-electron chi connectivity index (χ2n) is 4.28.